The number of nitro groups is 1. The largest absolute Gasteiger partial charge is 0.325 e. The van der Waals surface area contributed by atoms with Crippen LogP contribution in [-0.4, -0.2) is 36.1 Å². The zero-order valence-electron chi connectivity index (χ0n) is 13.7. The Hall–Kier alpha value is -1.53. The molecule has 0 aliphatic carbocycles. The van der Waals surface area contributed by atoms with E-state index >= 15 is 0 Å². The number of nitrogens with zero attached hydrogens (tertiary/aromatic N) is 2. The summed E-state index contributed by atoms with van der Waals surface area (Å²) in [6, 6.07) is 3.41. The summed E-state index contributed by atoms with van der Waals surface area (Å²) in [6.07, 6.45) is 10.6. The highest BCUT2D eigenvalue weighted by molar-refractivity contribution is 5.29. The van der Waals surface area contributed by atoms with Crippen LogP contribution in [0.3, 0.4) is 0 Å². The van der Waals surface area contributed by atoms with Crippen molar-refractivity contribution in [3.05, 3.63) is 34.1 Å². The van der Waals surface area contributed by atoms with Gasteiger partial charge in [-0.2, -0.15) is 0 Å². The summed E-state index contributed by atoms with van der Waals surface area (Å²) in [5, 5.41) is 13.9. The van der Waals surface area contributed by atoms with E-state index in [9.17, 15) is 10.1 Å². The van der Waals surface area contributed by atoms with Crippen molar-refractivity contribution in [1.82, 2.24) is 10.3 Å². The second-order valence-electron chi connectivity index (χ2n) is 6.86. The average Bonchev–Trinajstić information content (AvgIpc) is 2.78. The fraction of sp³-hybridized carbons (Fsp3) is 0.706. The summed E-state index contributed by atoms with van der Waals surface area (Å²) < 4.78 is 0. The molecule has 2 atom stereocenters. The fourth-order valence-electron chi connectivity index (χ4n) is 4.07. The van der Waals surface area contributed by atoms with Crippen LogP contribution < -0.4 is 10.2 Å². The van der Waals surface area contributed by atoms with Gasteiger partial charge in [0.15, 0.2) is 0 Å². The molecular weight excluding hydrogens is 292 g/mol. The second-order valence-corrected chi connectivity index (χ2v) is 6.86. The highest BCUT2D eigenvalue weighted by Crippen LogP contribution is 2.33. The molecule has 1 aromatic heterocycles. The molecule has 6 nitrogen and oxygen atoms in total. The number of rotatable bonds is 2. The van der Waals surface area contributed by atoms with Gasteiger partial charge in [0.05, 0.1) is 24.4 Å². The second kappa shape index (κ2) is 7.36. The minimum absolute atomic E-state index is 0.0824. The normalized spacial score (nSPS) is 29.5. The Labute approximate surface area is 137 Å². The fourth-order valence-corrected chi connectivity index (χ4v) is 4.07. The van der Waals surface area contributed by atoms with Crippen molar-refractivity contribution >= 4 is 5.69 Å². The van der Waals surface area contributed by atoms with Crippen LogP contribution >= 0.6 is 0 Å². The molecule has 4 rings (SSSR count). The Morgan fingerprint density at radius 2 is 1.87 bits per heavy atom. The van der Waals surface area contributed by atoms with Gasteiger partial charge in [0.1, 0.15) is 17.4 Å². The topological polar surface area (TPSA) is 72.5 Å². The Balaban J connectivity index is 0.000000188. The van der Waals surface area contributed by atoms with E-state index in [-0.39, 0.29) is 11.2 Å². The molecule has 0 radical (unpaired) electrons. The lowest BCUT2D eigenvalue weighted by Crippen LogP contribution is -3.23. The molecule has 3 aliphatic rings. The first-order valence-corrected chi connectivity index (χ1v) is 8.89. The van der Waals surface area contributed by atoms with Crippen LogP contribution in [0.15, 0.2) is 18.3 Å². The Morgan fingerprint density at radius 3 is 2.39 bits per heavy atom. The van der Waals surface area contributed by atoms with Gasteiger partial charge in [-0.05, 0) is 32.0 Å². The maximum Gasteiger partial charge on any atom is 0.287 e. The smallest absolute Gasteiger partial charge is 0.287 e. The van der Waals surface area contributed by atoms with Gasteiger partial charge in [0, 0.05) is 18.9 Å². The molecule has 2 N–H and O–H groups in total. The zero-order chi connectivity index (χ0) is 16.1. The van der Waals surface area contributed by atoms with Gasteiger partial charge in [0.25, 0.3) is 5.69 Å². The van der Waals surface area contributed by atoms with Crippen LogP contribution in [0.1, 0.15) is 50.6 Å². The molecule has 3 fully saturated rings. The third-order valence-corrected chi connectivity index (χ3v) is 5.52. The Morgan fingerprint density at radius 1 is 1.09 bits per heavy atom. The summed E-state index contributed by atoms with van der Waals surface area (Å²) in [6.45, 7) is 4.94. The Kier molecular flexibility index (Phi) is 5.23. The first-order chi connectivity index (χ1) is 11.2. The molecule has 0 spiro atoms. The van der Waals surface area contributed by atoms with Gasteiger partial charge in [-0.1, -0.05) is 12.8 Å². The van der Waals surface area contributed by atoms with E-state index in [2.05, 4.69) is 10.3 Å². The van der Waals surface area contributed by atoms with Gasteiger partial charge in [0.2, 0.25) is 0 Å². The van der Waals surface area contributed by atoms with Crippen LogP contribution in [0, 0.1) is 10.1 Å². The number of quaternary nitrogens is 1. The minimum Gasteiger partial charge on any atom is -0.325 e. The maximum absolute atomic E-state index is 10.6. The number of hydrogen-bond acceptors (Lipinski definition) is 4. The van der Waals surface area contributed by atoms with Crippen molar-refractivity contribution < 1.29 is 9.82 Å². The van der Waals surface area contributed by atoms with Gasteiger partial charge < -0.3 is 10.2 Å². The van der Waals surface area contributed by atoms with Crippen molar-refractivity contribution in [3.63, 3.8) is 0 Å². The van der Waals surface area contributed by atoms with E-state index in [4.69, 9.17) is 0 Å². The quantitative estimate of drug-likeness (QED) is 0.639. The summed E-state index contributed by atoms with van der Waals surface area (Å²) >= 11 is 0. The molecule has 3 aliphatic heterocycles. The van der Waals surface area contributed by atoms with E-state index < -0.39 is 4.92 Å². The molecule has 1 aromatic rings. The molecule has 126 valence electrons. The summed E-state index contributed by atoms with van der Waals surface area (Å²) in [5.41, 5.74) is 1.31. The van der Waals surface area contributed by atoms with E-state index in [1.54, 1.807) is 11.0 Å². The van der Waals surface area contributed by atoms with Crippen LogP contribution in [0.2, 0.25) is 0 Å². The van der Waals surface area contributed by atoms with Crippen molar-refractivity contribution in [1.29, 1.82) is 0 Å². The molecule has 23 heavy (non-hydrogen) atoms. The van der Waals surface area contributed by atoms with Crippen molar-refractivity contribution in [2.75, 3.05) is 26.2 Å². The number of pyridine rings is 1. The molecule has 0 saturated carbocycles. The average molecular weight is 319 g/mol. The van der Waals surface area contributed by atoms with E-state index in [0.29, 0.717) is 0 Å². The summed E-state index contributed by atoms with van der Waals surface area (Å²) in [7, 11) is 0. The predicted molar refractivity (Wildman–Crippen MR) is 88.5 cm³/mol. The van der Waals surface area contributed by atoms with Gasteiger partial charge in [-0.3, -0.25) is 10.1 Å². The highest BCUT2D eigenvalue weighted by Gasteiger charge is 2.55. The lowest BCUT2D eigenvalue weighted by Gasteiger charge is -2.43. The highest BCUT2D eigenvalue weighted by atomic mass is 16.6. The molecular formula is C17H27N4O2+. The lowest BCUT2D eigenvalue weighted by molar-refractivity contribution is -0.992. The van der Waals surface area contributed by atoms with Crippen LogP contribution in [0.5, 0.6) is 0 Å². The molecule has 6 heteroatoms. The van der Waals surface area contributed by atoms with Gasteiger partial charge in [-0.25, -0.2) is 4.98 Å². The number of fused-ring (bicyclic) bond motifs is 1. The summed E-state index contributed by atoms with van der Waals surface area (Å²) in [5.74, 6) is 0. The molecule has 2 unspecified atom stereocenters. The first-order valence-electron chi connectivity index (χ1n) is 8.89. The number of hydrogen-bond donors (Lipinski definition) is 2. The number of aromatic nitrogens is 1. The zero-order valence-corrected chi connectivity index (χ0v) is 13.7. The van der Waals surface area contributed by atoms with E-state index in [0.717, 1.165) is 5.69 Å². The predicted octanol–water partition coefficient (Wildman–Crippen LogP) is 1.42. The molecule has 0 aromatic carbocycles. The first kappa shape index (κ1) is 16.3. The van der Waals surface area contributed by atoms with Crippen molar-refractivity contribution in [2.45, 2.75) is 50.5 Å². The summed E-state index contributed by atoms with van der Waals surface area (Å²) in [4.78, 5) is 16.1. The maximum atomic E-state index is 10.6. The third-order valence-electron chi connectivity index (χ3n) is 5.52. The molecule has 0 amide bonds. The van der Waals surface area contributed by atoms with Crippen molar-refractivity contribution in [2.24, 2.45) is 0 Å². The van der Waals surface area contributed by atoms with Crippen LogP contribution in [0.4, 0.5) is 5.69 Å². The lowest BCUT2D eigenvalue weighted by atomic mass is 9.81. The Bertz CT molecular complexity index is 514. The number of nitrogens with one attached hydrogen (secondary N) is 2. The van der Waals surface area contributed by atoms with Crippen LogP contribution in [0.25, 0.3) is 0 Å². The van der Waals surface area contributed by atoms with Crippen molar-refractivity contribution in [3.8, 4) is 0 Å². The molecule has 0 bridgehead atoms. The van der Waals surface area contributed by atoms with E-state index in [1.165, 1.54) is 77.3 Å². The monoisotopic (exact) mass is 319 g/mol. The molecule has 3 saturated heterocycles. The van der Waals surface area contributed by atoms with Crippen LogP contribution in [-0.2, 0) is 5.54 Å². The minimum atomic E-state index is -0.394. The van der Waals surface area contributed by atoms with E-state index in [1.807, 2.05) is 6.07 Å². The van der Waals surface area contributed by atoms with Gasteiger partial charge in [-0.15, -0.1) is 0 Å². The SMILES string of the molecule is C1CCCNCC1.O=[N+]([O-])c1ccc(C23CCC[NH+]2CC3)nc1. The van der Waals surface area contributed by atoms with Gasteiger partial charge >= 0.3 is 0 Å². The third kappa shape index (κ3) is 3.53. The molecule has 4 heterocycles. The standard InChI is InChI=1S/C11H13N3O2.C6H13N/c15-14(16)9-2-3-10(12-8-9)11-4-1-6-13(11)7-5-11;1-2-4-6-7-5-3-1/h2-3,8H,1,4-7H2;7H,1-6H2/p+1.